The predicted molar refractivity (Wildman–Crippen MR) is 133 cm³/mol. The van der Waals surface area contributed by atoms with Crippen molar-refractivity contribution in [2.75, 3.05) is 57.8 Å². The van der Waals surface area contributed by atoms with Gasteiger partial charge in [-0.3, -0.25) is 4.79 Å². The monoisotopic (exact) mass is 481 g/mol. The van der Waals surface area contributed by atoms with Crippen LogP contribution in [0.3, 0.4) is 0 Å². The molecule has 9 heteroatoms. The number of H-pyrrole nitrogens is 1. The number of fused-ring (bicyclic) bond motifs is 1. The van der Waals surface area contributed by atoms with Crippen LogP contribution in [0.15, 0.2) is 48.7 Å². The highest BCUT2D eigenvalue weighted by Gasteiger charge is 2.32. The number of aromatic amines is 1. The lowest BCUT2D eigenvalue weighted by molar-refractivity contribution is -0.136. The van der Waals surface area contributed by atoms with Crippen LogP contribution in [0.1, 0.15) is 18.3 Å². The third kappa shape index (κ3) is 5.01. The van der Waals surface area contributed by atoms with E-state index in [9.17, 15) is 13.2 Å². The molecule has 2 fully saturated rings. The zero-order valence-electron chi connectivity index (χ0n) is 19.5. The fraction of sp³-hybridized carbons (Fsp3) is 0.440. The molecule has 8 nitrogen and oxygen atoms in total. The maximum atomic E-state index is 13.2. The summed E-state index contributed by atoms with van der Waals surface area (Å²) in [4.78, 5) is 27.6. The van der Waals surface area contributed by atoms with Gasteiger partial charge in [0.05, 0.1) is 23.4 Å². The van der Waals surface area contributed by atoms with E-state index in [1.165, 1.54) is 10.8 Å². The van der Waals surface area contributed by atoms with Crippen LogP contribution in [0.4, 0.5) is 0 Å². The van der Waals surface area contributed by atoms with Crippen LogP contribution in [-0.4, -0.2) is 96.8 Å². The Morgan fingerprint density at radius 1 is 1.06 bits per heavy atom. The van der Waals surface area contributed by atoms with Crippen LogP contribution in [-0.2, 0) is 14.6 Å². The van der Waals surface area contributed by atoms with E-state index in [0.29, 0.717) is 32.6 Å². The normalized spacial score (nSPS) is 21.7. The minimum Gasteiger partial charge on any atom is -0.340 e. The highest BCUT2D eigenvalue weighted by Crippen LogP contribution is 2.28. The van der Waals surface area contributed by atoms with Crippen molar-refractivity contribution < 1.29 is 13.2 Å². The summed E-state index contributed by atoms with van der Waals surface area (Å²) in [6.07, 6.45) is 2.24. The second kappa shape index (κ2) is 9.48. The van der Waals surface area contributed by atoms with Crippen LogP contribution >= 0.6 is 0 Å². The first kappa shape index (κ1) is 23.0. The van der Waals surface area contributed by atoms with E-state index < -0.39 is 9.84 Å². The summed E-state index contributed by atoms with van der Waals surface area (Å²) < 4.78 is 23.3. The zero-order chi connectivity index (χ0) is 23.7. The molecule has 0 saturated carbocycles. The second-order valence-corrected chi connectivity index (χ2v) is 11.7. The van der Waals surface area contributed by atoms with Gasteiger partial charge in [0.1, 0.15) is 11.9 Å². The quantitative estimate of drug-likeness (QED) is 0.601. The van der Waals surface area contributed by atoms with E-state index >= 15 is 0 Å². The number of hydrogen-bond donors (Lipinski definition) is 1. The summed E-state index contributed by atoms with van der Waals surface area (Å²) in [6, 6.07) is 14.5. The Balaban J connectivity index is 1.30. The van der Waals surface area contributed by atoms with Gasteiger partial charge in [-0.2, -0.15) is 0 Å². The minimum atomic E-state index is -2.91. The molecule has 1 unspecified atom stereocenters. The number of rotatable bonds is 5. The third-order valence-corrected chi connectivity index (χ3v) is 8.56. The van der Waals surface area contributed by atoms with E-state index in [1.54, 1.807) is 0 Å². The molecular formula is C25H31N5O3S. The smallest absolute Gasteiger partial charge is 0.224 e. The Kier molecular flexibility index (Phi) is 6.42. The predicted octanol–water partition coefficient (Wildman–Crippen LogP) is 2.17. The average molecular weight is 482 g/mol. The summed E-state index contributed by atoms with van der Waals surface area (Å²) >= 11 is 0. The topological polar surface area (TPSA) is 89.6 Å². The molecule has 1 N–H and O–H groups in total. The van der Waals surface area contributed by atoms with E-state index in [1.807, 2.05) is 23.2 Å². The molecule has 2 saturated heterocycles. The van der Waals surface area contributed by atoms with Crippen molar-refractivity contribution in [1.82, 2.24) is 24.7 Å². The highest BCUT2D eigenvalue weighted by atomic mass is 32.2. The molecule has 0 spiro atoms. The molecule has 2 aliphatic rings. The number of nitrogens with zero attached hydrogens (tertiary/aromatic N) is 4. The molecule has 2 aliphatic heterocycles. The molecule has 0 radical (unpaired) electrons. The molecule has 5 rings (SSSR count). The van der Waals surface area contributed by atoms with Crippen molar-refractivity contribution in [1.29, 1.82) is 0 Å². The molecule has 1 amide bonds. The lowest BCUT2D eigenvalue weighted by Gasteiger charge is -2.39. The molecule has 0 aliphatic carbocycles. The van der Waals surface area contributed by atoms with E-state index in [-0.39, 0.29) is 23.5 Å². The van der Waals surface area contributed by atoms with Crippen LogP contribution in [0, 0.1) is 0 Å². The molecule has 0 bridgehead atoms. The number of imidazole rings is 1. The summed E-state index contributed by atoms with van der Waals surface area (Å²) in [5.74, 6) is 1.26. The van der Waals surface area contributed by atoms with Crippen LogP contribution in [0.5, 0.6) is 0 Å². The fourth-order valence-electron chi connectivity index (χ4n) is 4.83. The van der Waals surface area contributed by atoms with Gasteiger partial charge in [0.15, 0.2) is 9.84 Å². The van der Waals surface area contributed by atoms with Crippen molar-refractivity contribution >= 4 is 26.5 Å². The molecule has 3 heterocycles. The number of amides is 1. The number of sulfone groups is 1. The average Bonchev–Trinajstić information content (AvgIpc) is 3.33. The number of benzene rings is 2. The van der Waals surface area contributed by atoms with E-state index in [4.69, 9.17) is 0 Å². The van der Waals surface area contributed by atoms with Crippen LogP contribution in [0.2, 0.25) is 0 Å². The molecule has 180 valence electrons. The zero-order valence-corrected chi connectivity index (χ0v) is 20.3. The van der Waals surface area contributed by atoms with E-state index in [0.717, 1.165) is 30.2 Å². The van der Waals surface area contributed by atoms with Crippen molar-refractivity contribution in [2.45, 2.75) is 12.5 Å². The van der Waals surface area contributed by atoms with Gasteiger partial charge in [0.25, 0.3) is 0 Å². The largest absolute Gasteiger partial charge is 0.340 e. The summed E-state index contributed by atoms with van der Waals surface area (Å²) in [7, 11) is -0.848. The van der Waals surface area contributed by atoms with Gasteiger partial charge in [-0.05, 0) is 23.9 Å². The molecule has 34 heavy (non-hydrogen) atoms. The van der Waals surface area contributed by atoms with Crippen molar-refractivity contribution in [3.8, 4) is 11.3 Å². The third-order valence-electron chi connectivity index (χ3n) is 6.95. The summed E-state index contributed by atoms with van der Waals surface area (Å²) in [5.41, 5.74) is 2.01. The Labute approximate surface area is 200 Å². The Hall–Kier alpha value is -2.75. The van der Waals surface area contributed by atoms with E-state index in [2.05, 4.69) is 57.1 Å². The Morgan fingerprint density at radius 3 is 2.62 bits per heavy atom. The Bertz CT molecular complexity index is 1270. The maximum absolute atomic E-state index is 13.2. The van der Waals surface area contributed by atoms with Gasteiger partial charge < -0.3 is 19.7 Å². The summed E-state index contributed by atoms with van der Waals surface area (Å²) in [6.45, 7) is 3.80. The number of nitrogens with one attached hydrogen (secondary N) is 1. The van der Waals surface area contributed by atoms with Gasteiger partial charge in [-0.15, -0.1) is 0 Å². The molecule has 3 aromatic rings. The maximum Gasteiger partial charge on any atom is 0.224 e. The van der Waals surface area contributed by atoms with Gasteiger partial charge in [0, 0.05) is 51.3 Å². The second-order valence-electron chi connectivity index (χ2n) is 9.35. The number of carbonyl (C=O) groups is 1. The van der Waals surface area contributed by atoms with Crippen molar-refractivity contribution in [2.24, 2.45) is 0 Å². The number of carbonyl (C=O) groups excluding carboxylic acids is 1. The first-order valence-electron chi connectivity index (χ1n) is 11.8. The molecular weight excluding hydrogens is 450 g/mol. The van der Waals surface area contributed by atoms with Crippen molar-refractivity contribution in [3.05, 3.63) is 54.5 Å². The highest BCUT2D eigenvalue weighted by molar-refractivity contribution is 7.91. The standard InChI is InChI=1S/C25H31N5O3S/c1-28-10-11-30(24(31)8-9-29-12-14-34(32,33)15-13-29)23(18-28)25-26-17-22(27-25)21-7-6-19-4-2-3-5-20(19)16-21/h2-7,16-17,23H,8-15,18H2,1H3,(H,26,27). The van der Waals surface area contributed by atoms with Gasteiger partial charge in [0.2, 0.25) is 5.91 Å². The first-order chi connectivity index (χ1) is 16.4. The number of hydrogen-bond acceptors (Lipinski definition) is 6. The Morgan fingerprint density at radius 2 is 1.82 bits per heavy atom. The van der Waals surface area contributed by atoms with Gasteiger partial charge >= 0.3 is 0 Å². The molecule has 1 aromatic heterocycles. The SMILES string of the molecule is CN1CCN(C(=O)CCN2CCS(=O)(=O)CC2)C(c2ncc(-c3ccc4ccccc4c3)[nH]2)C1. The van der Waals surface area contributed by atoms with Gasteiger partial charge in [-0.1, -0.05) is 36.4 Å². The van der Waals surface area contributed by atoms with Crippen LogP contribution in [0.25, 0.3) is 22.0 Å². The lowest BCUT2D eigenvalue weighted by atomic mass is 10.1. The number of likely N-dealkylation sites (N-methyl/N-ethyl adjacent to an activating group) is 1. The summed E-state index contributed by atoms with van der Waals surface area (Å²) in [5, 5.41) is 2.37. The number of aromatic nitrogens is 2. The van der Waals surface area contributed by atoms with Crippen molar-refractivity contribution in [3.63, 3.8) is 0 Å². The molecule has 1 atom stereocenters. The first-order valence-corrected chi connectivity index (χ1v) is 13.6. The lowest BCUT2D eigenvalue weighted by Crippen LogP contribution is -2.50. The van der Waals surface area contributed by atoms with Gasteiger partial charge in [-0.25, -0.2) is 13.4 Å². The van der Waals surface area contributed by atoms with Crippen LogP contribution < -0.4 is 0 Å². The minimum absolute atomic E-state index is 0.0928. The molecule has 2 aromatic carbocycles. The fourth-order valence-corrected chi connectivity index (χ4v) is 6.11. The number of piperazine rings is 1.